The first-order valence-corrected chi connectivity index (χ1v) is 12.8. The van der Waals surface area contributed by atoms with E-state index in [2.05, 4.69) is 20.3 Å². The summed E-state index contributed by atoms with van der Waals surface area (Å²) in [6.07, 6.45) is -0.0403. The lowest BCUT2D eigenvalue weighted by molar-refractivity contribution is -0.133. The van der Waals surface area contributed by atoms with Gasteiger partial charge in [0.25, 0.3) is 0 Å². The van der Waals surface area contributed by atoms with Gasteiger partial charge >= 0.3 is 5.69 Å². The van der Waals surface area contributed by atoms with Gasteiger partial charge in [-0.15, -0.1) is 0 Å². The van der Waals surface area contributed by atoms with Gasteiger partial charge in [0, 0.05) is 39.0 Å². The minimum absolute atomic E-state index is 0.00151. The summed E-state index contributed by atoms with van der Waals surface area (Å²) in [5.41, 5.74) is 1.53. The maximum Gasteiger partial charge on any atom is 0.325 e. The summed E-state index contributed by atoms with van der Waals surface area (Å²) < 4.78 is 27.3. The van der Waals surface area contributed by atoms with Gasteiger partial charge in [-0.1, -0.05) is 26.0 Å². The third-order valence-electron chi connectivity index (χ3n) is 5.98. The number of nitrogens with one attached hydrogen (secondary N) is 3. The van der Waals surface area contributed by atoms with E-state index in [1.807, 2.05) is 26.0 Å². The number of imidazole rings is 1. The second-order valence-corrected chi connectivity index (χ2v) is 10.7. The number of piperazine rings is 1. The minimum atomic E-state index is -3.63. The molecule has 0 saturated carbocycles. The minimum Gasteiger partial charge on any atom is -0.340 e. The SMILES string of the molecule is CC(C)c1ccc(S(=O)(=O)N2CCN(C(=O)CCC(=O)Nc3ccc4[nH]c(=O)[nH]c4n3)CC2)cc1. The van der Waals surface area contributed by atoms with Crippen LogP contribution in [-0.4, -0.2) is 70.6 Å². The van der Waals surface area contributed by atoms with Crippen molar-refractivity contribution in [2.75, 3.05) is 31.5 Å². The Balaban J connectivity index is 1.26. The number of pyridine rings is 1. The van der Waals surface area contributed by atoms with Crippen molar-refractivity contribution in [1.82, 2.24) is 24.2 Å². The number of nitrogens with zero attached hydrogens (tertiary/aromatic N) is 3. The molecule has 3 N–H and O–H groups in total. The van der Waals surface area contributed by atoms with Crippen LogP contribution in [0.1, 0.15) is 38.2 Å². The van der Waals surface area contributed by atoms with Gasteiger partial charge in [0.05, 0.1) is 10.4 Å². The van der Waals surface area contributed by atoms with Gasteiger partial charge in [0.15, 0.2) is 5.65 Å². The highest BCUT2D eigenvalue weighted by atomic mass is 32.2. The molecule has 12 heteroatoms. The van der Waals surface area contributed by atoms with Crippen LogP contribution in [0.3, 0.4) is 0 Å². The zero-order valence-corrected chi connectivity index (χ0v) is 20.4. The van der Waals surface area contributed by atoms with E-state index >= 15 is 0 Å². The van der Waals surface area contributed by atoms with E-state index < -0.39 is 15.7 Å². The highest BCUT2D eigenvalue weighted by Crippen LogP contribution is 2.21. The number of hydrogen-bond acceptors (Lipinski definition) is 6. The van der Waals surface area contributed by atoms with E-state index in [1.165, 1.54) is 4.31 Å². The molecule has 11 nitrogen and oxygen atoms in total. The molecule has 35 heavy (non-hydrogen) atoms. The molecular weight excluding hydrogens is 472 g/mol. The third-order valence-corrected chi connectivity index (χ3v) is 7.90. The van der Waals surface area contributed by atoms with Crippen LogP contribution in [0.4, 0.5) is 5.82 Å². The molecule has 2 amide bonds. The van der Waals surface area contributed by atoms with Gasteiger partial charge in [0.1, 0.15) is 5.82 Å². The molecule has 1 aliphatic heterocycles. The number of benzene rings is 1. The van der Waals surface area contributed by atoms with E-state index in [1.54, 1.807) is 29.2 Å². The molecular formula is C23H28N6O5S. The summed E-state index contributed by atoms with van der Waals surface area (Å²) in [6.45, 7) is 5.03. The Morgan fingerprint density at radius 3 is 2.34 bits per heavy atom. The topological polar surface area (TPSA) is 148 Å². The summed E-state index contributed by atoms with van der Waals surface area (Å²) >= 11 is 0. The number of aromatic amines is 2. The number of sulfonamides is 1. The van der Waals surface area contributed by atoms with Crippen LogP contribution in [0.5, 0.6) is 0 Å². The van der Waals surface area contributed by atoms with E-state index in [-0.39, 0.29) is 61.5 Å². The second-order valence-electron chi connectivity index (χ2n) is 8.73. The molecule has 3 aromatic rings. The van der Waals surface area contributed by atoms with Crippen molar-refractivity contribution in [3.05, 3.63) is 52.4 Å². The van der Waals surface area contributed by atoms with Gasteiger partial charge in [-0.25, -0.2) is 18.2 Å². The molecule has 1 aliphatic rings. The Bertz CT molecular complexity index is 1390. The summed E-state index contributed by atoms with van der Waals surface area (Å²) in [7, 11) is -3.63. The quantitative estimate of drug-likeness (QED) is 0.449. The molecule has 0 spiro atoms. The molecule has 0 aliphatic carbocycles. The number of rotatable bonds is 7. The van der Waals surface area contributed by atoms with Gasteiger partial charge in [-0.3, -0.25) is 14.6 Å². The number of anilines is 1. The lowest BCUT2D eigenvalue weighted by Gasteiger charge is -2.34. The first-order chi connectivity index (χ1) is 16.6. The predicted octanol–water partition coefficient (Wildman–Crippen LogP) is 1.63. The van der Waals surface area contributed by atoms with Crippen molar-refractivity contribution in [2.24, 2.45) is 0 Å². The van der Waals surface area contributed by atoms with Crippen LogP contribution >= 0.6 is 0 Å². The Morgan fingerprint density at radius 1 is 1.00 bits per heavy atom. The lowest BCUT2D eigenvalue weighted by Crippen LogP contribution is -2.50. The lowest BCUT2D eigenvalue weighted by atomic mass is 10.0. The van der Waals surface area contributed by atoms with E-state index in [0.717, 1.165) is 5.56 Å². The Kier molecular flexibility index (Phi) is 7.03. The number of amides is 2. The van der Waals surface area contributed by atoms with Crippen molar-refractivity contribution in [1.29, 1.82) is 0 Å². The van der Waals surface area contributed by atoms with Crippen molar-refractivity contribution in [3.8, 4) is 0 Å². The van der Waals surface area contributed by atoms with Crippen molar-refractivity contribution in [2.45, 2.75) is 37.5 Å². The summed E-state index contributed by atoms with van der Waals surface area (Å²) in [4.78, 5) is 47.2. The van der Waals surface area contributed by atoms with Crippen molar-refractivity contribution >= 4 is 38.8 Å². The number of aromatic nitrogens is 3. The average Bonchev–Trinajstić information content (AvgIpc) is 3.22. The van der Waals surface area contributed by atoms with Gasteiger partial charge in [0.2, 0.25) is 21.8 Å². The number of hydrogen-bond donors (Lipinski definition) is 3. The summed E-state index contributed by atoms with van der Waals surface area (Å²) in [5, 5.41) is 2.61. The Morgan fingerprint density at radius 2 is 1.69 bits per heavy atom. The number of carbonyl (C=O) groups excluding carboxylic acids is 2. The average molecular weight is 501 g/mol. The van der Waals surface area contributed by atoms with Crippen LogP contribution in [0.15, 0.2) is 46.1 Å². The Hall–Kier alpha value is -3.51. The fourth-order valence-electron chi connectivity index (χ4n) is 3.92. The highest BCUT2D eigenvalue weighted by Gasteiger charge is 2.30. The smallest absolute Gasteiger partial charge is 0.325 e. The fourth-order valence-corrected chi connectivity index (χ4v) is 5.34. The first-order valence-electron chi connectivity index (χ1n) is 11.4. The van der Waals surface area contributed by atoms with Crippen molar-refractivity contribution in [3.63, 3.8) is 0 Å². The molecule has 1 fully saturated rings. The maximum absolute atomic E-state index is 13.0. The zero-order valence-electron chi connectivity index (χ0n) is 19.6. The predicted molar refractivity (Wildman–Crippen MR) is 130 cm³/mol. The highest BCUT2D eigenvalue weighted by molar-refractivity contribution is 7.89. The van der Waals surface area contributed by atoms with Crippen LogP contribution in [0, 0.1) is 0 Å². The van der Waals surface area contributed by atoms with Crippen LogP contribution < -0.4 is 11.0 Å². The molecule has 2 aromatic heterocycles. The normalized spacial score (nSPS) is 15.0. The number of fused-ring (bicyclic) bond motifs is 1. The maximum atomic E-state index is 13.0. The Labute approximate surface area is 202 Å². The monoisotopic (exact) mass is 500 g/mol. The summed E-state index contributed by atoms with van der Waals surface area (Å²) in [6, 6.07) is 10.1. The molecule has 0 bridgehead atoms. The van der Waals surface area contributed by atoms with Gasteiger partial charge in [-0.05, 0) is 35.7 Å². The van der Waals surface area contributed by atoms with E-state index in [0.29, 0.717) is 17.1 Å². The molecule has 0 atom stereocenters. The zero-order chi connectivity index (χ0) is 25.2. The number of H-pyrrole nitrogens is 2. The molecule has 0 radical (unpaired) electrons. The van der Waals surface area contributed by atoms with E-state index in [9.17, 15) is 22.8 Å². The fraction of sp³-hybridized carbons (Fsp3) is 0.391. The second kappa shape index (κ2) is 10.0. The number of carbonyl (C=O) groups is 2. The van der Waals surface area contributed by atoms with Crippen molar-refractivity contribution < 1.29 is 18.0 Å². The van der Waals surface area contributed by atoms with Crippen LogP contribution in [0.2, 0.25) is 0 Å². The molecule has 3 heterocycles. The van der Waals surface area contributed by atoms with Gasteiger partial charge in [-0.2, -0.15) is 4.31 Å². The first kappa shape index (κ1) is 24.6. The van der Waals surface area contributed by atoms with E-state index in [4.69, 9.17) is 0 Å². The third kappa shape index (κ3) is 5.60. The van der Waals surface area contributed by atoms with Crippen LogP contribution in [0.25, 0.3) is 11.2 Å². The summed E-state index contributed by atoms with van der Waals surface area (Å²) in [5.74, 6) is -0.00973. The van der Waals surface area contributed by atoms with Gasteiger partial charge < -0.3 is 15.2 Å². The molecule has 1 aromatic carbocycles. The molecule has 0 unspecified atom stereocenters. The standard InChI is InChI=1S/C23H28N6O5S/c1-15(2)16-3-5-17(6-4-16)35(33,34)29-13-11-28(12-14-29)21(31)10-9-20(30)25-19-8-7-18-22(26-19)27-23(32)24-18/h3-8,15H,9-14H2,1-2H3,(H3,24,25,26,27,30,32). The van der Waals surface area contributed by atoms with Crippen LogP contribution in [-0.2, 0) is 19.6 Å². The molecule has 1 saturated heterocycles. The largest absolute Gasteiger partial charge is 0.340 e. The molecule has 4 rings (SSSR count). The molecule has 186 valence electrons.